The fraction of sp³-hybridized carbons (Fsp3) is 1.00. The first-order valence-electron chi connectivity index (χ1n) is 5.82. The number of nitrogens with two attached hydrogens (primary N) is 1. The molecular formula is C12H25NO2. The molecule has 1 atom stereocenters. The summed E-state index contributed by atoms with van der Waals surface area (Å²) in [6.45, 7) is 4.19. The first kappa shape index (κ1) is 12.9. The highest BCUT2D eigenvalue weighted by molar-refractivity contribution is 4.98. The van der Waals surface area contributed by atoms with Gasteiger partial charge in [-0.1, -0.05) is 0 Å². The van der Waals surface area contributed by atoms with E-state index in [9.17, 15) is 0 Å². The summed E-state index contributed by atoms with van der Waals surface area (Å²) in [5, 5.41) is 0. The van der Waals surface area contributed by atoms with Crippen LogP contribution in [-0.4, -0.2) is 31.5 Å². The lowest BCUT2D eigenvalue weighted by atomic mass is 9.73. The maximum atomic E-state index is 6.21. The van der Waals surface area contributed by atoms with Crippen LogP contribution in [0.2, 0.25) is 0 Å². The van der Waals surface area contributed by atoms with Crippen molar-refractivity contribution in [2.45, 2.75) is 63.2 Å². The van der Waals surface area contributed by atoms with Gasteiger partial charge in [-0.25, -0.2) is 0 Å². The van der Waals surface area contributed by atoms with Crippen molar-refractivity contribution in [3.8, 4) is 0 Å². The molecule has 0 aromatic carbocycles. The van der Waals surface area contributed by atoms with Crippen LogP contribution in [0.25, 0.3) is 0 Å². The maximum absolute atomic E-state index is 6.21. The molecule has 0 bridgehead atoms. The van der Waals surface area contributed by atoms with Gasteiger partial charge in [0.25, 0.3) is 0 Å². The Morgan fingerprint density at radius 2 is 1.93 bits per heavy atom. The Kier molecular flexibility index (Phi) is 4.15. The van der Waals surface area contributed by atoms with Gasteiger partial charge in [0.1, 0.15) is 0 Å². The van der Waals surface area contributed by atoms with Crippen molar-refractivity contribution in [2.75, 3.05) is 14.2 Å². The molecular weight excluding hydrogens is 190 g/mol. The zero-order valence-electron chi connectivity index (χ0n) is 10.5. The third-order valence-electron chi connectivity index (χ3n) is 3.89. The van der Waals surface area contributed by atoms with Crippen LogP contribution < -0.4 is 5.73 Å². The molecule has 90 valence electrons. The van der Waals surface area contributed by atoms with E-state index in [0.717, 1.165) is 25.7 Å². The fourth-order valence-corrected chi connectivity index (χ4v) is 2.12. The molecule has 3 nitrogen and oxygen atoms in total. The van der Waals surface area contributed by atoms with E-state index >= 15 is 0 Å². The second-order valence-electron chi connectivity index (χ2n) is 5.23. The van der Waals surface area contributed by atoms with Gasteiger partial charge in [0.05, 0.1) is 11.2 Å². The summed E-state index contributed by atoms with van der Waals surface area (Å²) in [6, 6.07) is 0.144. The van der Waals surface area contributed by atoms with Crippen LogP contribution in [0.1, 0.15) is 46.0 Å². The van der Waals surface area contributed by atoms with Crippen molar-refractivity contribution in [3.05, 3.63) is 0 Å². The standard InChI is InChI=1S/C12H25NO2/c1-11(2,14-3)9-6-10(13)12(15-4)7-5-8-12/h10H,5-9,13H2,1-4H3. The molecule has 0 aliphatic heterocycles. The maximum Gasteiger partial charge on any atom is 0.0828 e. The summed E-state index contributed by atoms with van der Waals surface area (Å²) in [5.41, 5.74) is 6.09. The molecule has 0 aromatic heterocycles. The highest BCUT2D eigenvalue weighted by Crippen LogP contribution is 2.39. The lowest BCUT2D eigenvalue weighted by Gasteiger charge is -2.45. The Morgan fingerprint density at radius 1 is 1.33 bits per heavy atom. The van der Waals surface area contributed by atoms with E-state index in [4.69, 9.17) is 15.2 Å². The molecule has 0 saturated heterocycles. The summed E-state index contributed by atoms with van der Waals surface area (Å²) in [6.07, 6.45) is 5.41. The molecule has 0 amide bonds. The molecule has 1 aliphatic carbocycles. The predicted octanol–water partition coefficient (Wildman–Crippen LogP) is 2.09. The van der Waals surface area contributed by atoms with Gasteiger partial charge in [-0.3, -0.25) is 0 Å². The van der Waals surface area contributed by atoms with Gasteiger partial charge < -0.3 is 15.2 Å². The molecule has 0 radical (unpaired) electrons. The van der Waals surface area contributed by atoms with Crippen LogP contribution in [0, 0.1) is 0 Å². The lowest BCUT2D eigenvalue weighted by Crippen LogP contribution is -2.54. The molecule has 0 heterocycles. The van der Waals surface area contributed by atoms with Crippen molar-refractivity contribution in [3.63, 3.8) is 0 Å². The van der Waals surface area contributed by atoms with E-state index in [2.05, 4.69) is 13.8 Å². The Balaban J connectivity index is 2.38. The molecule has 2 N–H and O–H groups in total. The lowest BCUT2D eigenvalue weighted by molar-refractivity contribution is -0.0957. The van der Waals surface area contributed by atoms with Crippen LogP contribution in [-0.2, 0) is 9.47 Å². The number of hydrogen-bond donors (Lipinski definition) is 1. The molecule has 1 aliphatic rings. The monoisotopic (exact) mass is 215 g/mol. The van der Waals surface area contributed by atoms with Gasteiger partial charge in [0, 0.05) is 20.3 Å². The van der Waals surface area contributed by atoms with Gasteiger partial charge in [0.2, 0.25) is 0 Å². The van der Waals surface area contributed by atoms with Gasteiger partial charge in [-0.05, 0) is 46.0 Å². The smallest absolute Gasteiger partial charge is 0.0828 e. The van der Waals surface area contributed by atoms with Gasteiger partial charge in [-0.15, -0.1) is 0 Å². The second-order valence-corrected chi connectivity index (χ2v) is 5.23. The first-order valence-corrected chi connectivity index (χ1v) is 5.82. The molecule has 15 heavy (non-hydrogen) atoms. The third-order valence-corrected chi connectivity index (χ3v) is 3.89. The van der Waals surface area contributed by atoms with Crippen molar-refractivity contribution in [2.24, 2.45) is 5.73 Å². The molecule has 1 unspecified atom stereocenters. The molecule has 0 aromatic rings. The van der Waals surface area contributed by atoms with E-state index in [-0.39, 0.29) is 17.2 Å². The summed E-state index contributed by atoms with van der Waals surface area (Å²) >= 11 is 0. The quantitative estimate of drug-likeness (QED) is 0.738. The zero-order valence-corrected chi connectivity index (χ0v) is 10.5. The SMILES string of the molecule is COC(C)(C)CCC(N)C1(OC)CCC1. The van der Waals surface area contributed by atoms with Crippen molar-refractivity contribution in [1.29, 1.82) is 0 Å². The predicted molar refractivity (Wildman–Crippen MR) is 61.9 cm³/mol. The number of hydrogen-bond acceptors (Lipinski definition) is 3. The van der Waals surface area contributed by atoms with Crippen molar-refractivity contribution < 1.29 is 9.47 Å². The second kappa shape index (κ2) is 4.81. The van der Waals surface area contributed by atoms with Crippen molar-refractivity contribution >= 4 is 0 Å². The molecule has 3 heteroatoms. The van der Waals surface area contributed by atoms with E-state index in [1.54, 1.807) is 14.2 Å². The van der Waals surface area contributed by atoms with Gasteiger partial charge in [0.15, 0.2) is 0 Å². The van der Waals surface area contributed by atoms with Crippen molar-refractivity contribution in [1.82, 2.24) is 0 Å². The summed E-state index contributed by atoms with van der Waals surface area (Å²) in [7, 11) is 3.53. The molecule has 0 spiro atoms. The molecule has 1 fully saturated rings. The third kappa shape index (κ3) is 2.92. The minimum absolute atomic E-state index is 0.0379. The fourth-order valence-electron chi connectivity index (χ4n) is 2.12. The number of ether oxygens (including phenoxy) is 2. The first-order chi connectivity index (χ1) is 6.96. The summed E-state index contributed by atoms with van der Waals surface area (Å²) in [5.74, 6) is 0. The molecule has 1 rings (SSSR count). The summed E-state index contributed by atoms with van der Waals surface area (Å²) < 4.78 is 11.0. The van der Waals surface area contributed by atoms with E-state index in [1.807, 2.05) is 0 Å². The average molecular weight is 215 g/mol. The number of rotatable bonds is 6. The van der Waals surface area contributed by atoms with Crippen LogP contribution >= 0.6 is 0 Å². The van der Waals surface area contributed by atoms with Crippen LogP contribution in [0.3, 0.4) is 0 Å². The largest absolute Gasteiger partial charge is 0.379 e. The van der Waals surface area contributed by atoms with E-state index < -0.39 is 0 Å². The van der Waals surface area contributed by atoms with E-state index in [1.165, 1.54) is 6.42 Å². The van der Waals surface area contributed by atoms with Gasteiger partial charge in [-0.2, -0.15) is 0 Å². The topological polar surface area (TPSA) is 44.5 Å². The summed E-state index contributed by atoms with van der Waals surface area (Å²) in [4.78, 5) is 0. The minimum Gasteiger partial charge on any atom is -0.379 e. The van der Waals surface area contributed by atoms with Crippen LogP contribution in [0.15, 0.2) is 0 Å². The van der Waals surface area contributed by atoms with E-state index in [0.29, 0.717) is 0 Å². The Bertz CT molecular complexity index is 194. The van der Waals surface area contributed by atoms with Crippen LogP contribution in [0.5, 0.6) is 0 Å². The molecule has 1 saturated carbocycles. The highest BCUT2D eigenvalue weighted by Gasteiger charge is 2.42. The number of methoxy groups -OCH3 is 2. The van der Waals surface area contributed by atoms with Crippen LogP contribution in [0.4, 0.5) is 0 Å². The minimum atomic E-state index is -0.0731. The van der Waals surface area contributed by atoms with Gasteiger partial charge >= 0.3 is 0 Å². The normalized spacial score (nSPS) is 22.2. The highest BCUT2D eigenvalue weighted by atomic mass is 16.5. The Hall–Kier alpha value is -0.120. The Labute approximate surface area is 93.3 Å². The zero-order chi connectivity index (χ0) is 11.5. The average Bonchev–Trinajstić information content (AvgIpc) is 2.14. The Morgan fingerprint density at radius 3 is 2.27 bits per heavy atom.